The highest BCUT2D eigenvalue weighted by Crippen LogP contribution is 2.52. The second kappa shape index (κ2) is 8.37. The number of thioether (sulfide) groups is 1. The summed E-state index contributed by atoms with van der Waals surface area (Å²) in [5.74, 6) is 5.00. The number of carbonyl (C=O) groups is 1. The fourth-order valence-electron chi connectivity index (χ4n) is 3.39. The Bertz CT molecular complexity index is 1090. The second-order valence-electron chi connectivity index (χ2n) is 7.12. The molecule has 1 unspecified atom stereocenters. The van der Waals surface area contributed by atoms with E-state index in [-0.39, 0.29) is 17.1 Å². The number of alkyl halides is 6. The summed E-state index contributed by atoms with van der Waals surface area (Å²) in [5.41, 5.74) is -5.27. The van der Waals surface area contributed by atoms with Gasteiger partial charge < -0.3 is 10.0 Å². The Morgan fingerprint density at radius 1 is 1.09 bits per heavy atom. The van der Waals surface area contributed by atoms with E-state index >= 15 is 0 Å². The molecule has 0 spiro atoms. The predicted octanol–water partition coefficient (Wildman–Crippen LogP) is 5.45. The molecule has 1 atom stereocenters. The van der Waals surface area contributed by atoms with E-state index < -0.39 is 34.7 Å². The molecule has 170 valence electrons. The van der Waals surface area contributed by atoms with Gasteiger partial charge in [0.2, 0.25) is 0 Å². The summed E-state index contributed by atoms with van der Waals surface area (Å²) < 4.78 is 79.9. The van der Waals surface area contributed by atoms with Gasteiger partial charge in [-0.3, -0.25) is 4.79 Å². The summed E-state index contributed by atoms with van der Waals surface area (Å²) in [6, 6.07) is 8.85. The highest BCUT2D eigenvalue weighted by Gasteiger charge is 2.71. The third-order valence-electron chi connectivity index (χ3n) is 5.03. The third kappa shape index (κ3) is 4.07. The number of nitrogens with zero attached hydrogens (tertiary/aromatic N) is 1. The van der Waals surface area contributed by atoms with Crippen molar-refractivity contribution < 1.29 is 36.2 Å². The molecule has 0 fully saturated rings. The molecule has 1 heterocycles. The number of amides is 1. The number of hydrogen-bond acceptors (Lipinski definition) is 3. The van der Waals surface area contributed by atoms with Gasteiger partial charge in [-0.05, 0) is 37.6 Å². The van der Waals surface area contributed by atoms with Gasteiger partial charge in [-0.15, -0.1) is 17.7 Å². The fraction of sp³-hybridized carbons (Fsp3) is 0.318. The summed E-state index contributed by atoms with van der Waals surface area (Å²) >= 11 is 0.940. The van der Waals surface area contributed by atoms with Crippen molar-refractivity contribution >= 4 is 23.4 Å². The Labute approximate surface area is 184 Å². The number of rotatable bonds is 2. The lowest BCUT2D eigenvalue weighted by molar-refractivity contribution is -0.376. The van der Waals surface area contributed by atoms with Crippen molar-refractivity contribution in [3.8, 4) is 11.8 Å². The molecule has 3 nitrogen and oxygen atoms in total. The fourth-order valence-corrected chi connectivity index (χ4v) is 4.59. The Kier molecular flexibility index (Phi) is 6.28. The lowest BCUT2D eigenvalue weighted by Gasteiger charge is -2.36. The van der Waals surface area contributed by atoms with Crippen LogP contribution in [0.3, 0.4) is 0 Å². The van der Waals surface area contributed by atoms with Crippen molar-refractivity contribution in [3.05, 3.63) is 59.2 Å². The summed E-state index contributed by atoms with van der Waals surface area (Å²) in [5, 5.41) is 9.17. The van der Waals surface area contributed by atoms with E-state index in [4.69, 9.17) is 0 Å². The zero-order valence-electron chi connectivity index (χ0n) is 16.8. The van der Waals surface area contributed by atoms with Gasteiger partial charge in [-0.25, -0.2) is 0 Å². The van der Waals surface area contributed by atoms with Gasteiger partial charge in [0.15, 0.2) is 0 Å². The normalized spacial score (nSPS) is 16.8. The first-order chi connectivity index (χ1) is 14.8. The Hall–Kier alpha value is -2.64. The molecule has 0 saturated heterocycles. The summed E-state index contributed by atoms with van der Waals surface area (Å²) in [4.78, 5) is 14.5. The molecule has 0 radical (unpaired) electrons. The summed E-state index contributed by atoms with van der Waals surface area (Å²) in [7, 11) is 0. The van der Waals surface area contributed by atoms with Crippen LogP contribution in [0, 0.1) is 18.8 Å². The smallest absolute Gasteiger partial charge is 0.369 e. The molecule has 10 heteroatoms. The van der Waals surface area contributed by atoms with E-state index in [2.05, 4.69) is 11.8 Å². The molecule has 32 heavy (non-hydrogen) atoms. The van der Waals surface area contributed by atoms with Gasteiger partial charge in [0, 0.05) is 22.6 Å². The van der Waals surface area contributed by atoms with Crippen molar-refractivity contribution in [2.24, 2.45) is 0 Å². The Morgan fingerprint density at radius 2 is 1.72 bits per heavy atom. The number of aryl methyl sites for hydroxylation is 1. The van der Waals surface area contributed by atoms with Crippen LogP contribution < -0.4 is 4.90 Å². The van der Waals surface area contributed by atoms with Crippen LogP contribution in [-0.4, -0.2) is 35.2 Å². The molecule has 1 aliphatic heterocycles. The molecule has 3 rings (SSSR count). The maximum atomic E-state index is 13.3. The lowest BCUT2D eigenvalue weighted by Crippen LogP contribution is -2.54. The van der Waals surface area contributed by atoms with Crippen molar-refractivity contribution in [1.29, 1.82) is 0 Å². The van der Waals surface area contributed by atoms with Crippen LogP contribution in [-0.2, 0) is 5.60 Å². The van der Waals surface area contributed by atoms with E-state index in [0.29, 0.717) is 23.3 Å². The quantitative estimate of drug-likeness (QED) is 0.466. The molecule has 0 aromatic heterocycles. The molecule has 1 amide bonds. The number of aliphatic hydroxyl groups is 1. The van der Waals surface area contributed by atoms with Crippen molar-refractivity contribution in [2.45, 2.75) is 41.9 Å². The highest BCUT2D eigenvalue weighted by molar-refractivity contribution is 8.00. The van der Waals surface area contributed by atoms with E-state index in [1.807, 2.05) is 0 Å². The minimum atomic E-state index is -6.00. The minimum absolute atomic E-state index is 0.0182. The summed E-state index contributed by atoms with van der Waals surface area (Å²) in [6.07, 6.45) is -12.0. The monoisotopic (exact) mass is 473 g/mol. The number of anilines is 1. The first-order valence-corrected chi connectivity index (χ1v) is 10.2. The van der Waals surface area contributed by atoms with Crippen molar-refractivity contribution in [1.82, 2.24) is 0 Å². The third-order valence-corrected chi connectivity index (χ3v) is 6.16. The molecule has 1 N–H and O–H groups in total. The van der Waals surface area contributed by atoms with E-state index in [0.717, 1.165) is 17.8 Å². The van der Waals surface area contributed by atoms with Gasteiger partial charge in [0.1, 0.15) is 0 Å². The van der Waals surface area contributed by atoms with E-state index in [1.165, 1.54) is 11.8 Å². The van der Waals surface area contributed by atoms with Gasteiger partial charge in [0.05, 0.1) is 10.9 Å². The molecule has 0 saturated carbocycles. The minimum Gasteiger partial charge on any atom is -0.369 e. The maximum absolute atomic E-state index is 13.3. The highest BCUT2D eigenvalue weighted by atomic mass is 32.2. The average Bonchev–Trinajstić information content (AvgIpc) is 2.70. The van der Waals surface area contributed by atoms with Gasteiger partial charge >= 0.3 is 12.4 Å². The van der Waals surface area contributed by atoms with Crippen LogP contribution in [0.2, 0.25) is 0 Å². The van der Waals surface area contributed by atoms with Crippen LogP contribution >= 0.6 is 11.8 Å². The lowest BCUT2D eigenvalue weighted by atomic mass is 9.92. The number of fused-ring (bicyclic) bond motifs is 1. The van der Waals surface area contributed by atoms with Gasteiger partial charge in [-0.2, -0.15) is 26.3 Å². The molecule has 2 aromatic rings. The van der Waals surface area contributed by atoms with Gasteiger partial charge in [-0.1, -0.05) is 30.2 Å². The zero-order valence-corrected chi connectivity index (χ0v) is 17.6. The number of benzene rings is 2. The molecule has 1 aliphatic rings. The van der Waals surface area contributed by atoms with Gasteiger partial charge in [0.25, 0.3) is 11.5 Å². The Balaban J connectivity index is 2.16. The molecule has 0 bridgehead atoms. The van der Waals surface area contributed by atoms with Crippen LogP contribution in [0.15, 0.2) is 47.4 Å². The van der Waals surface area contributed by atoms with Crippen LogP contribution in [0.25, 0.3) is 0 Å². The SMILES string of the molecule is CC#CC1CN(C(=O)c2ccccc2C)c2ccc(C(O)(C(F)(F)F)C(F)(F)F)cc2S1. The van der Waals surface area contributed by atoms with Crippen molar-refractivity contribution in [3.63, 3.8) is 0 Å². The predicted molar refractivity (Wildman–Crippen MR) is 108 cm³/mol. The van der Waals surface area contributed by atoms with E-state index in [9.17, 15) is 36.2 Å². The molecular weight excluding hydrogens is 456 g/mol. The molecule has 2 aromatic carbocycles. The number of hydrogen-bond donors (Lipinski definition) is 1. The second-order valence-corrected chi connectivity index (χ2v) is 8.36. The average molecular weight is 473 g/mol. The molecular formula is C22H17F6NO2S. The van der Waals surface area contributed by atoms with Crippen LogP contribution in [0.1, 0.15) is 28.4 Å². The first kappa shape index (κ1) is 24.0. The van der Waals surface area contributed by atoms with Crippen molar-refractivity contribution in [2.75, 3.05) is 11.4 Å². The van der Waals surface area contributed by atoms with Crippen LogP contribution in [0.5, 0.6) is 0 Å². The molecule has 0 aliphatic carbocycles. The largest absolute Gasteiger partial charge is 0.430 e. The zero-order chi connectivity index (χ0) is 23.9. The summed E-state index contributed by atoms with van der Waals surface area (Å²) in [6.45, 7) is 3.34. The number of halogens is 6. The number of carbonyl (C=O) groups excluding carboxylic acids is 1. The standard InChI is InChI=1S/C22H17F6NO2S/c1-3-6-15-12-29(19(30)16-8-5-4-7-13(16)2)17-10-9-14(11-18(17)32-15)20(31,21(23,24)25)22(26,27)28/h4-5,7-11,15,31H,12H2,1-2H3. The first-order valence-electron chi connectivity index (χ1n) is 9.28. The Morgan fingerprint density at radius 3 is 2.28 bits per heavy atom. The maximum Gasteiger partial charge on any atom is 0.430 e. The van der Waals surface area contributed by atoms with E-state index in [1.54, 1.807) is 31.2 Å². The van der Waals surface area contributed by atoms with Crippen LogP contribution in [0.4, 0.5) is 32.0 Å². The topological polar surface area (TPSA) is 40.5 Å².